The summed E-state index contributed by atoms with van der Waals surface area (Å²) in [5.74, 6) is -0.585. The molecule has 19 heavy (non-hydrogen) atoms. The maximum atomic E-state index is 12.2. The van der Waals surface area contributed by atoms with Gasteiger partial charge in [0, 0.05) is 21.4 Å². The summed E-state index contributed by atoms with van der Waals surface area (Å²) in [6, 6.07) is 2.44. The first kappa shape index (κ1) is 16.4. The lowest BCUT2D eigenvalue weighted by molar-refractivity contribution is -0.118. The van der Waals surface area contributed by atoms with E-state index in [9.17, 15) is 13.2 Å². The first-order chi connectivity index (χ1) is 8.63. The zero-order valence-corrected chi connectivity index (χ0v) is 14.0. The summed E-state index contributed by atoms with van der Waals surface area (Å²) in [4.78, 5) is 10.7. The van der Waals surface area contributed by atoms with Crippen molar-refractivity contribution in [1.82, 2.24) is 4.72 Å². The number of benzene rings is 1. The Morgan fingerprint density at radius 1 is 1.42 bits per heavy atom. The Labute approximate surface area is 128 Å². The molecule has 0 bridgehead atoms. The highest BCUT2D eigenvalue weighted by Gasteiger charge is 2.24. The van der Waals surface area contributed by atoms with E-state index in [1.807, 2.05) is 0 Å². The molecular formula is C10H13Br2N3O3S. The summed E-state index contributed by atoms with van der Waals surface area (Å²) >= 11 is 6.36. The number of anilines is 1. The minimum Gasteiger partial charge on any atom is -0.398 e. The molecule has 0 aliphatic rings. The summed E-state index contributed by atoms with van der Waals surface area (Å²) in [6.45, 7) is 1.55. The average molecular weight is 415 g/mol. The van der Waals surface area contributed by atoms with Crippen molar-refractivity contribution >= 4 is 53.5 Å². The van der Waals surface area contributed by atoms with Crippen molar-refractivity contribution in [3.63, 3.8) is 0 Å². The molecule has 0 fully saturated rings. The molecule has 0 saturated carbocycles. The lowest BCUT2D eigenvalue weighted by Crippen LogP contribution is -2.36. The molecule has 0 spiro atoms. The maximum absolute atomic E-state index is 12.2. The van der Waals surface area contributed by atoms with Gasteiger partial charge in [0.2, 0.25) is 15.9 Å². The molecule has 5 N–H and O–H groups in total. The highest BCUT2D eigenvalue weighted by atomic mass is 79.9. The Hall–Kier alpha value is -0.640. The summed E-state index contributed by atoms with van der Waals surface area (Å²) in [6.07, 6.45) is -0.0900. The normalized spacial score (nSPS) is 13.2. The van der Waals surface area contributed by atoms with E-state index in [2.05, 4.69) is 36.6 Å². The van der Waals surface area contributed by atoms with Crippen molar-refractivity contribution in [3.05, 3.63) is 21.1 Å². The Kier molecular flexibility index (Phi) is 5.36. The van der Waals surface area contributed by atoms with Crippen molar-refractivity contribution in [1.29, 1.82) is 0 Å². The van der Waals surface area contributed by atoms with Crippen LogP contribution in [0.1, 0.15) is 13.3 Å². The smallest absolute Gasteiger partial charge is 0.244 e. The number of hydrogen-bond donors (Lipinski definition) is 3. The number of nitrogen functional groups attached to an aromatic ring is 1. The van der Waals surface area contributed by atoms with Crippen LogP contribution in [-0.2, 0) is 14.8 Å². The maximum Gasteiger partial charge on any atom is 0.244 e. The molecule has 9 heteroatoms. The fraction of sp³-hybridized carbons (Fsp3) is 0.300. The van der Waals surface area contributed by atoms with Gasteiger partial charge in [-0.3, -0.25) is 4.79 Å². The van der Waals surface area contributed by atoms with E-state index in [1.165, 1.54) is 6.07 Å². The van der Waals surface area contributed by atoms with Crippen LogP contribution in [0.2, 0.25) is 0 Å². The van der Waals surface area contributed by atoms with Gasteiger partial charge < -0.3 is 11.5 Å². The van der Waals surface area contributed by atoms with Gasteiger partial charge in [0.1, 0.15) is 4.90 Å². The summed E-state index contributed by atoms with van der Waals surface area (Å²) in [7, 11) is -3.83. The van der Waals surface area contributed by atoms with Gasteiger partial charge in [-0.2, -0.15) is 0 Å². The molecule has 0 aliphatic carbocycles. The molecule has 1 aromatic carbocycles. The molecule has 0 saturated heterocycles. The number of sulfonamides is 1. The van der Waals surface area contributed by atoms with E-state index >= 15 is 0 Å². The third-order valence-electron chi connectivity index (χ3n) is 2.17. The van der Waals surface area contributed by atoms with Gasteiger partial charge in [-0.05, 0) is 35.0 Å². The van der Waals surface area contributed by atoms with Crippen LogP contribution in [0.5, 0.6) is 0 Å². The lowest BCUT2D eigenvalue weighted by Gasteiger charge is -2.15. The quantitative estimate of drug-likeness (QED) is 0.630. The second kappa shape index (κ2) is 6.21. The number of carbonyl (C=O) groups excluding carboxylic acids is 1. The molecular weight excluding hydrogens is 402 g/mol. The fourth-order valence-corrected chi connectivity index (χ4v) is 4.84. The minimum atomic E-state index is -3.83. The van der Waals surface area contributed by atoms with E-state index in [0.29, 0.717) is 8.95 Å². The summed E-state index contributed by atoms with van der Waals surface area (Å²) < 4.78 is 27.7. The van der Waals surface area contributed by atoms with E-state index in [4.69, 9.17) is 11.5 Å². The largest absolute Gasteiger partial charge is 0.398 e. The summed E-state index contributed by atoms with van der Waals surface area (Å²) in [5.41, 5.74) is 10.8. The van der Waals surface area contributed by atoms with Gasteiger partial charge >= 0.3 is 0 Å². The third kappa shape index (κ3) is 4.44. The van der Waals surface area contributed by atoms with E-state index in [0.717, 1.165) is 0 Å². The van der Waals surface area contributed by atoms with Crippen LogP contribution in [-0.4, -0.2) is 20.4 Å². The van der Waals surface area contributed by atoms with E-state index in [1.54, 1.807) is 13.0 Å². The Morgan fingerprint density at radius 2 is 2.00 bits per heavy atom. The zero-order chi connectivity index (χ0) is 14.8. The highest BCUT2D eigenvalue weighted by molar-refractivity contribution is 9.11. The first-order valence-electron chi connectivity index (χ1n) is 5.18. The second-order valence-corrected chi connectivity index (χ2v) is 7.42. The van der Waals surface area contributed by atoms with Crippen molar-refractivity contribution in [3.8, 4) is 0 Å². The van der Waals surface area contributed by atoms with Crippen molar-refractivity contribution < 1.29 is 13.2 Å². The molecule has 0 aromatic heterocycles. The van der Waals surface area contributed by atoms with Crippen molar-refractivity contribution in [2.75, 3.05) is 5.73 Å². The lowest BCUT2D eigenvalue weighted by atomic mass is 10.2. The van der Waals surface area contributed by atoms with Gasteiger partial charge in [-0.15, -0.1) is 0 Å². The molecule has 1 atom stereocenters. The average Bonchev–Trinajstić information content (AvgIpc) is 2.10. The number of nitrogens with one attached hydrogen (secondary N) is 1. The molecule has 1 unspecified atom stereocenters. The van der Waals surface area contributed by atoms with Crippen molar-refractivity contribution in [2.24, 2.45) is 5.73 Å². The molecule has 1 amide bonds. The van der Waals surface area contributed by atoms with Crippen LogP contribution in [0.25, 0.3) is 0 Å². The standard InChI is InChI=1S/C10H13Br2N3O3S/c1-5(2-9(14)16)15-19(17,18)10-7(12)3-6(11)4-8(10)13/h3-5,15H,2,13H2,1H3,(H2,14,16). The fourth-order valence-electron chi connectivity index (χ4n) is 1.53. The Bertz CT molecular complexity index is 581. The Morgan fingerprint density at radius 3 is 2.47 bits per heavy atom. The number of hydrogen-bond acceptors (Lipinski definition) is 4. The molecule has 0 radical (unpaired) electrons. The number of rotatable bonds is 5. The monoisotopic (exact) mass is 413 g/mol. The van der Waals surface area contributed by atoms with Gasteiger partial charge in [0.15, 0.2) is 0 Å². The molecule has 6 nitrogen and oxygen atoms in total. The predicted molar refractivity (Wildman–Crippen MR) is 79.8 cm³/mol. The number of amides is 1. The molecule has 1 aromatic rings. The van der Waals surface area contributed by atoms with Crippen molar-refractivity contribution in [2.45, 2.75) is 24.3 Å². The third-order valence-corrected chi connectivity index (χ3v) is 5.22. The minimum absolute atomic E-state index is 0.0629. The number of primary amides is 1. The van der Waals surface area contributed by atoms with Gasteiger partial charge in [0.25, 0.3) is 0 Å². The number of nitrogens with two attached hydrogens (primary N) is 2. The Balaban J connectivity index is 3.11. The van der Waals surface area contributed by atoms with Crippen LogP contribution >= 0.6 is 31.9 Å². The molecule has 106 valence electrons. The molecule has 0 aliphatic heterocycles. The number of carbonyl (C=O) groups is 1. The topological polar surface area (TPSA) is 115 Å². The SMILES string of the molecule is CC(CC(N)=O)NS(=O)(=O)c1c(N)cc(Br)cc1Br. The highest BCUT2D eigenvalue weighted by Crippen LogP contribution is 2.31. The van der Waals surface area contributed by atoms with E-state index in [-0.39, 0.29) is 17.0 Å². The van der Waals surface area contributed by atoms with Gasteiger partial charge in [0.05, 0.1) is 5.69 Å². The predicted octanol–water partition coefficient (Wildman–Crippen LogP) is 1.34. The van der Waals surface area contributed by atoms with Gasteiger partial charge in [-0.25, -0.2) is 13.1 Å². The van der Waals surface area contributed by atoms with Crippen LogP contribution < -0.4 is 16.2 Å². The molecule has 1 rings (SSSR count). The number of halogens is 2. The zero-order valence-electron chi connectivity index (χ0n) is 9.98. The van der Waals surface area contributed by atoms with Crippen LogP contribution in [0, 0.1) is 0 Å². The second-order valence-electron chi connectivity index (χ2n) is 4.00. The summed E-state index contributed by atoms with van der Waals surface area (Å²) in [5, 5.41) is 0. The first-order valence-corrected chi connectivity index (χ1v) is 8.25. The molecule has 0 heterocycles. The van der Waals surface area contributed by atoms with Gasteiger partial charge in [-0.1, -0.05) is 15.9 Å². The van der Waals surface area contributed by atoms with Crippen LogP contribution in [0.15, 0.2) is 26.0 Å². The van der Waals surface area contributed by atoms with Crippen LogP contribution in [0.4, 0.5) is 5.69 Å². The van der Waals surface area contributed by atoms with Crippen LogP contribution in [0.3, 0.4) is 0 Å². The van der Waals surface area contributed by atoms with E-state index < -0.39 is 22.0 Å².